The van der Waals surface area contributed by atoms with E-state index < -0.39 is 0 Å². The van der Waals surface area contributed by atoms with Crippen molar-refractivity contribution in [1.29, 1.82) is 0 Å². The molecule has 6 heteroatoms. The van der Waals surface area contributed by atoms with Gasteiger partial charge in [-0.1, -0.05) is 60.2 Å². The number of ether oxygens (including phenoxy) is 2. The fraction of sp³-hybridized carbons (Fsp3) is 0.185. The van der Waals surface area contributed by atoms with E-state index in [4.69, 9.17) is 9.47 Å². The molecular formula is C27H26N2O3S. The molecule has 0 unspecified atom stereocenters. The Bertz CT molecular complexity index is 1170. The molecule has 0 aliphatic heterocycles. The van der Waals surface area contributed by atoms with E-state index >= 15 is 0 Å². The average Bonchev–Trinajstić information content (AvgIpc) is 3.27. The summed E-state index contributed by atoms with van der Waals surface area (Å²) in [7, 11) is 0. The summed E-state index contributed by atoms with van der Waals surface area (Å²) in [5.74, 6) is 1.33. The third kappa shape index (κ3) is 6.92. The molecule has 1 N–H and O–H groups in total. The van der Waals surface area contributed by atoms with Gasteiger partial charge in [-0.15, -0.1) is 11.3 Å². The number of anilines is 1. The van der Waals surface area contributed by atoms with Gasteiger partial charge in [-0.25, -0.2) is 4.98 Å². The van der Waals surface area contributed by atoms with Gasteiger partial charge in [0.1, 0.15) is 23.1 Å². The minimum absolute atomic E-state index is 0.134. The van der Waals surface area contributed by atoms with Crippen LogP contribution >= 0.6 is 11.3 Å². The number of nitrogens with one attached hydrogen (secondary N) is 1. The summed E-state index contributed by atoms with van der Waals surface area (Å²) in [6, 6.07) is 25.6. The van der Waals surface area contributed by atoms with Gasteiger partial charge in [0.25, 0.3) is 0 Å². The first kappa shape index (κ1) is 22.6. The van der Waals surface area contributed by atoms with E-state index in [1.165, 1.54) is 22.5 Å². The number of carbonyl (C=O) groups excluding carboxylic acids is 1. The quantitative estimate of drug-likeness (QED) is 0.325. The first-order valence-corrected chi connectivity index (χ1v) is 11.7. The fourth-order valence-corrected chi connectivity index (χ4v) is 3.96. The number of amides is 1. The number of aromatic nitrogens is 1. The Hall–Kier alpha value is -3.64. The molecule has 0 bridgehead atoms. The summed E-state index contributed by atoms with van der Waals surface area (Å²) in [5.41, 5.74) is 3.79. The molecule has 0 saturated carbocycles. The largest absolute Gasteiger partial charge is 0.491 e. The predicted molar refractivity (Wildman–Crippen MR) is 132 cm³/mol. The molecule has 0 radical (unpaired) electrons. The molecule has 168 valence electrons. The van der Waals surface area contributed by atoms with Crippen LogP contribution in [0.2, 0.25) is 0 Å². The summed E-state index contributed by atoms with van der Waals surface area (Å²) >= 11 is 1.49. The van der Waals surface area contributed by atoms with E-state index in [-0.39, 0.29) is 12.3 Å². The third-order valence-corrected chi connectivity index (χ3v) is 5.85. The monoisotopic (exact) mass is 458 g/mol. The van der Waals surface area contributed by atoms with Gasteiger partial charge < -0.3 is 14.8 Å². The van der Waals surface area contributed by atoms with Gasteiger partial charge in [-0.2, -0.15) is 0 Å². The molecule has 5 nitrogen and oxygen atoms in total. The van der Waals surface area contributed by atoms with Crippen molar-refractivity contribution < 1.29 is 14.3 Å². The number of rotatable bonds is 10. The average molecular weight is 459 g/mol. The van der Waals surface area contributed by atoms with Crippen LogP contribution in [-0.2, 0) is 24.2 Å². The van der Waals surface area contributed by atoms with Gasteiger partial charge in [0, 0.05) is 11.8 Å². The molecule has 1 amide bonds. The lowest BCUT2D eigenvalue weighted by atomic mass is 10.2. The van der Waals surface area contributed by atoms with Crippen molar-refractivity contribution in [2.75, 3.05) is 11.9 Å². The van der Waals surface area contributed by atoms with Crippen molar-refractivity contribution in [2.45, 2.75) is 26.4 Å². The standard InChI is InChI=1S/C27H26N2O3S/c1-20-11-13-23(14-12-20)32-18-27-28-22(19-33-27)17-26(30)29-24-9-5-6-10-25(24)31-16-15-21-7-3-2-4-8-21/h2-14,19H,15-18H2,1H3,(H,29,30). The molecule has 4 aromatic rings. The van der Waals surface area contributed by atoms with Gasteiger partial charge in [0.15, 0.2) is 0 Å². The van der Waals surface area contributed by atoms with Crippen molar-refractivity contribution in [3.05, 3.63) is 106 Å². The van der Waals surface area contributed by atoms with Crippen LogP contribution in [0.15, 0.2) is 84.2 Å². The zero-order chi connectivity index (χ0) is 22.9. The second-order valence-electron chi connectivity index (χ2n) is 7.64. The number of nitrogens with zero attached hydrogens (tertiary/aromatic N) is 1. The van der Waals surface area contributed by atoms with Gasteiger partial charge in [-0.05, 0) is 36.8 Å². The summed E-state index contributed by atoms with van der Waals surface area (Å²) in [5, 5.41) is 5.68. The van der Waals surface area contributed by atoms with E-state index in [1.54, 1.807) is 0 Å². The van der Waals surface area contributed by atoms with Crippen molar-refractivity contribution >= 4 is 22.9 Å². The maximum Gasteiger partial charge on any atom is 0.230 e. The molecule has 0 spiro atoms. The highest BCUT2D eigenvalue weighted by Gasteiger charge is 2.11. The maximum atomic E-state index is 12.6. The number of hydrogen-bond donors (Lipinski definition) is 1. The topological polar surface area (TPSA) is 60.5 Å². The van der Waals surface area contributed by atoms with E-state index in [1.807, 2.05) is 79.0 Å². The van der Waals surface area contributed by atoms with E-state index in [0.717, 1.165) is 22.9 Å². The van der Waals surface area contributed by atoms with Crippen molar-refractivity contribution in [3.63, 3.8) is 0 Å². The second-order valence-corrected chi connectivity index (χ2v) is 8.58. The lowest BCUT2D eigenvalue weighted by Crippen LogP contribution is -2.16. The molecular weight excluding hydrogens is 432 g/mol. The van der Waals surface area contributed by atoms with Crippen molar-refractivity contribution in [1.82, 2.24) is 4.98 Å². The molecule has 3 aromatic carbocycles. The predicted octanol–water partition coefficient (Wildman–Crippen LogP) is 5.83. The summed E-state index contributed by atoms with van der Waals surface area (Å²) in [6.07, 6.45) is 0.995. The van der Waals surface area contributed by atoms with Crippen molar-refractivity contribution in [2.24, 2.45) is 0 Å². The van der Waals surface area contributed by atoms with Crippen LogP contribution in [0.3, 0.4) is 0 Å². The molecule has 0 fully saturated rings. The highest BCUT2D eigenvalue weighted by Crippen LogP contribution is 2.24. The Morgan fingerprint density at radius 2 is 1.70 bits per heavy atom. The number of para-hydroxylation sites is 2. The number of hydrogen-bond acceptors (Lipinski definition) is 5. The lowest BCUT2D eigenvalue weighted by Gasteiger charge is -2.12. The summed E-state index contributed by atoms with van der Waals surface area (Å²) < 4.78 is 11.7. The molecule has 0 aliphatic carbocycles. The molecule has 0 aliphatic rings. The Morgan fingerprint density at radius 1 is 0.939 bits per heavy atom. The van der Waals surface area contributed by atoms with Crippen LogP contribution in [0.1, 0.15) is 21.8 Å². The molecule has 33 heavy (non-hydrogen) atoms. The van der Waals surface area contributed by atoms with E-state index in [0.29, 0.717) is 24.7 Å². The smallest absolute Gasteiger partial charge is 0.230 e. The van der Waals surface area contributed by atoms with Crippen LogP contribution < -0.4 is 14.8 Å². The lowest BCUT2D eigenvalue weighted by molar-refractivity contribution is -0.115. The van der Waals surface area contributed by atoms with Gasteiger partial charge in [0.05, 0.1) is 24.4 Å². The van der Waals surface area contributed by atoms with E-state index in [2.05, 4.69) is 22.4 Å². The number of carbonyl (C=O) groups is 1. The summed E-state index contributed by atoms with van der Waals surface area (Å²) in [4.78, 5) is 17.1. The maximum absolute atomic E-state index is 12.6. The number of benzene rings is 3. The number of thiazole rings is 1. The van der Waals surface area contributed by atoms with Gasteiger partial charge in [-0.3, -0.25) is 4.79 Å². The minimum Gasteiger partial charge on any atom is -0.491 e. The van der Waals surface area contributed by atoms with Crippen LogP contribution in [0.5, 0.6) is 11.5 Å². The van der Waals surface area contributed by atoms with Gasteiger partial charge in [0.2, 0.25) is 5.91 Å². The Kier molecular flexibility index (Phi) is 7.72. The Balaban J connectivity index is 1.28. The van der Waals surface area contributed by atoms with Crippen molar-refractivity contribution in [3.8, 4) is 11.5 Å². The zero-order valence-corrected chi connectivity index (χ0v) is 19.3. The summed E-state index contributed by atoms with van der Waals surface area (Å²) in [6.45, 7) is 2.96. The SMILES string of the molecule is Cc1ccc(OCc2nc(CC(=O)Nc3ccccc3OCCc3ccccc3)cs2)cc1. The van der Waals surface area contributed by atoms with Crippen LogP contribution in [0, 0.1) is 6.92 Å². The fourth-order valence-electron chi connectivity index (χ4n) is 3.25. The zero-order valence-electron chi connectivity index (χ0n) is 18.5. The second kappa shape index (κ2) is 11.3. The normalized spacial score (nSPS) is 10.6. The molecule has 0 saturated heterocycles. The van der Waals surface area contributed by atoms with Crippen LogP contribution in [0.4, 0.5) is 5.69 Å². The van der Waals surface area contributed by atoms with Gasteiger partial charge >= 0.3 is 0 Å². The molecule has 1 heterocycles. The van der Waals surface area contributed by atoms with Crippen LogP contribution in [0.25, 0.3) is 0 Å². The molecule has 4 rings (SSSR count). The third-order valence-electron chi connectivity index (χ3n) is 4.98. The highest BCUT2D eigenvalue weighted by atomic mass is 32.1. The van der Waals surface area contributed by atoms with Crippen LogP contribution in [-0.4, -0.2) is 17.5 Å². The highest BCUT2D eigenvalue weighted by molar-refractivity contribution is 7.09. The first-order chi connectivity index (χ1) is 16.2. The van der Waals surface area contributed by atoms with E-state index in [9.17, 15) is 4.79 Å². The molecule has 1 aromatic heterocycles. The molecule has 0 atom stereocenters. The number of aryl methyl sites for hydroxylation is 1. The Labute approximate surface area is 198 Å². The minimum atomic E-state index is -0.134. The first-order valence-electron chi connectivity index (χ1n) is 10.8. The Morgan fingerprint density at radius 3 is 2.52 bits per heavy atom.